The number of rotatable bonds is 6. The van der Waals surface area contributed by atoms with E-state index >= 15 is 0 Å². The third kappa shape index (κ3) is 5.16. The van der Waals surface area contributed by atoms with E-state index in [9.17, 15) is 32.9 Å². The summed E-state index contributed by atoms with van der Waals surface area (Å²) in [7, 11) is 0. The first kappa shape index (κ1) is 23.0. The van der Waals surface area contributed by atoms with Crippen LogP contribution in [0.3, 0.4) is 0 Å². The highest BCUT2D eigenvalue weighted by atomic mass is 19.2. The van der Waals surface area contributed by atoms with Crippen LogP contribution in [0.15, 0.2) is 30.3 Å². The predicted molar refractivity (Wildman–Crippen MR) is 111 cm³/mol. The lowest BCUT2D eigenvalue weighted by Crippen LogP contribution is -2.34. The lowest BCUT2D eigenvalue weighted by Gasteiger charge is -2.31. The molecule has 11 heteroatoms. The number of hydrogen-bond acceptors (Lipinski definition) is 5. The molecule has 0 unspecified atom stereocenters. The maximum atomic E-state index is 13.6. The summed E-state index contributed by atoms with van der Waals surface area (Å²) >= 11 is 0. The maximum absolute atomic E-state index is 13.6. The van der Waals surface area contributed by atoms with Gasteiger partial charge in [-0.15, -0.1) is 0 Å². The quantitative estimate of drug-likeness (QED) is 0.397. The van der Waals surface area contributed by atoms with Crippen LogP contribution in [0.5, 0.6) is 0 Å². The van der Waals surface area contributed by atoms with Crippen LogP contribution in [0.4, 0.5) is 30.2 Å². The molecule has 0 radical (unpaired) electrons. The van der Waals surface area contributed by atoms with Crippen LogP contribution in [0.25, 0.3) is 0 Å². The highest BCUT2D eigenvalue weighted by Crippen LogP contribution is 2.32. The van der Waals surface area contributed by atoms with Crippen LogP contribution in [0.2, 0.25) is 0 Å². The van der Waals surface area contributed by atoms with Gasteiger partial charge < -0.3 is 15.5 Å². The Kier molecular flexibility index (Phi) is 6.96. The van der Waals surface area contributed by atoms with Gasteiger partial charge >= 0.3 is 0 Å². The molecule has 1 saturated heterocycles. The molecule has 2 aromatic rings. The van der Waals surface area contributed by atoms with Crippen molar-refractivity contribution in [1.29, 1.82) is 0 Å². The number of halogens is 3. The topological polar surface area (TPSA) is 105 Å². The Morgan fingerprint density at radius 2 is 1.81 bits per heavy atom. The molecule has 3 rings (SSSR count). The standard InChI is InChI=1S/C21H21F3N4O4/c1-12-6-8-27(9-7-12)16-5-2-13(10-17(16)28(31)32)21(30)25-11-18(29)26-15-4-3-14(22)19(23)20(15)24/h2-5,10,12H,6-9,11H2,1H3,(H,25,30)(H,26,29). The van der Waals surface area contributed by atoms with Crippen LogP contribution >= 0.6 is 0 Å². The van der Waals surface area contributed by atoms with E-state index in [0.717, 1.165) is 25.0 Å². The SMILES string of the molecule is CC1CCN(c2ccc(C(=O)NCC(=O)Nc3ccc(F)c(F)c3F)cc2[N+](=O)[O-])CC1. The maximum Gasteiger partial charge on any atom is 0.293 e. The van der Waals surface area contributed by atoms with Gasteiger partial charge in [0.25, 0.3) is 11.6 Å². The molecule has 1 heterocycles. The Morgan fingerprint density at radius 3 is 2.47 bits per heavy atom. The zero-order valence-electron chi connectivity index (χ0n) is 17.2. The van der Waals surface area contributed by atoms with E-state index in [4.69, 9.17) is 0 Å². The van der Waals surface area contributed by atoms with Gasteiger partial charge in [-0.1, -0.05) is 6.92 Å². The molecule has 32 heavy (non-hydrogen) atoms. The highest BCUT2D eigenvalue weighted by molar-refractivity contribution is 6.00. The van der Waals surface area contributed by atoms with Crippen LogP contribution in [-0.4, -0.2) is 36.4 Å². The molecule has 2 aromatic carbocycles. The van der Waals surface area contributed by atoms with Crippen molar-refractivity contribution in [3.63, 3.8) is 0 Å². The molecular formula is C21H21F3N4O4. The highest BCUT2D eigenvalue weighted by Gasteiger charge is 2.25. The molecule has 0 spiro atoms. The molecule has 0 atom stereocenters. The number of anilines is 2. The summed E-state index contributed by atoms with van der Waals surface area (Å²) < 4.78 is 39.8. The van der Waals surface area contributed by atoms with E-state index in [1.54, 1.807) is 0 Å². The number of nitro benzene ring substituents is 1. The molecule has 8 nitrogen and oxygen atoms in total. The molecule has 1 aliphatic heterocycles. The van der Waals surface area contributed by atoms with Crippen molar-refractivity contribution in [3.8, 4) is 0 Å². The van der Waals surface area contributed by atoms with Gasteiger partial charge in [0.15, 0.2) is 17.5 Å². The number of nitrogens with zero attached hydrogens (tertiary/aromatic N) is 2. The van der Waals surface area contributed by atoms with Crippen LogP contribution in [0.1, 0.15) is 30.1 Å². The third-order valence-electron chi connectivity index (χ3n) is 5.28. The van der Waals surface area contributed by atoms with E-state index in [2.05, 4.69) is 12.2 Å². The largest absolute Gasteiger partial charge is 0.366 e. The number of benzene rings is 2. The second kappa shape index (κ2) is 9.67. The van der Waals surface area contributed by atoms with E-state index in [1.807, 2.05) is 10.2 Å². The van der Waals surface area contributed by atoms with Crippen molar-refractivity contribution >= 4 is 28.9 Å². The average molecular weight is 450 g/mol. The minimum atomic E-state index is -1.73. The van der Waals surface area contributed by atoms with Gasteiger partial charge in [-0.3, -0.25) is 19.7 Å². The molecular weight excluding hydrogens is 429 g/mol. The fraction of sp³-hybridized carbons (Fsp3) is 0.333. The second-order valence-electron chi connectivity index (χ2n) is 7.58. The fourth-order valence-electron chi connectivity index (χ4n) is 3.41. The van der Waals surface area contributed by atoms with Crippen LogP contribution < -0.4 is 15.5 Å². The normalized spacial score (nSPS) is 14.2. The summed E-state index contributed by atoms with van der Waals surface area (Å²) in [4.78, 5) is 37.2. The van der Waals surface area contributed by atoms with Gasteiger partial charge in [-0.05, 0) is 43.0 Å². The van der Waals surface area contributed by atoms with E-state index in [0.29, 0.717) is 30.8 Å². The minimum Gasteiger partial charge on any atom is -0.366 e. The zero-order chi connectivity index (χ0) is 23.4. The molecule has 1 fully saturated rings. The van der Waals surface area contributed by atoms with Crippen molar-refractivity contribution in [2.45, 2.75) is 19.8 Å². The molecule has 0 aromatic heterocycles. The number of nitro groups is 1. The number of piperidine rings is 1. The Bertz CT molecular complexity index is 1060. The van der Waals surface area contributed by atoms with Crippen molar-refractivity contribution < 1.29 is 27.7 Å². The van der Waals surface area contributed by atoms with Gasteiger partial charge in [0.1, 0.15) is 5.69 Å². The Balaban J connectivity index is 1.66. The van der Waals surface area contributed by atoms with Crippen molar-refractivity contribution in [1.82, 2.24) is 5.32 Å². The molecule has 0 bridgehead atoms. The van der Waals surface area contributed by atoms with Crippen molar-refractivity contribution in [2.75, 3.05) is 29.9 Å². The Hall–Kier alpha value is -3.63. The third-order valence-corrected chi connectivity index (χ3v) is 5.28. The average Bonchev–Trinajstić information content (AvgIpc) is 2.78. The van der Waals surface area contributed by atoms with E-state index < -0.39 is 46.4 Å². The van der Waals surface area contributed by atoms with Gasteiger partial charge in [0.2, 0.25) is 5.91 Å². The molecule has 170 valence electrons. The summed E-state index contributed by atoms with van der Waals surface area (Å²) in [6.45, 7) is 2.86. The molecule has 2 N–H and O–H groups in total. The van der Waals surface area contributed by atoms with E-state index in [-0.39, 0.29) is 11.3 Å². The monoisotopic (exact) mass is 450 g/mol. The smallest absolute Gasteiger partial charge is 0.293 e. The van der Waals surface area contributed by atoms with Crippen LogP contribution in [0, 0.1) is 33.5 Å². The fourth-order valence-corrected chi connectivity index (χ4v) is 3.41. The summed E-state index contributed by atoms with van der Waals surface area (Å²) in [6, 6.07) is 5.55. The number of hydrogen-bond donors (Lipinski definition) is 2. The van der Waals surface area contributed by atoms with Gasteiger partial charge in [-0.25, -0.2) is 13.2 Å². The molecule has 1 aliphatic rings. The Morgan fingerprint density at radius 1 is 1.12 bits per heavy atom. The molecule has 0 aliphatic carbocycles. The lowest BCUT2D eigenvalue weighted by molar-refractivity contribution is -0.384. The first-order valence-electron chi connectivity index (χ1n) is 9.92. The van der Waals surface area contributed by atoms with Gasteiger partial charge in [0.05, 0.1) is 17.2 Å². The summed E-state index contributed by atoms with van der Waals surface area (Å²) in [5.74, 6) is -5.81. The molecule has 0 saturated carbocycles. The number of carbonyl (C=O) groups is 2. The van der Waals surface area contributed by atoms with Crippen molar-refractivity contribution in [2.24, 2.45) is 5.92 Å². The first-order chi connectivity index (χ1) is 15.2. The van der Waals surface area contributed by atoms with Crippen molar-refractivity contribution in [3.05, 3.63) is 63.5 Å². The number of carbonyl (C=O) groups excluding carboxylic acids is 2. The van der Waals surface area contributed by atoms with Gasteiger partial charge in [0, 0.05) is 24.7 Å². The zero-order valence-corrected chi connectivity index (χ0v) is 17.2. The summed E-state index contributed by atoms with van der Waals surface area (Å²) in [6.07, 6.45) is 1.82. The predicted octanol–water partition coefficient (Wildman–Crippen LogP) is 3.62. The number of nitrogens with one attached hydrogen (secondary N) is 2. The second-order valence-corrected chi connectivity index (χ2v) is 7.58. The van der Waals surface area contributed by atoms with Gasteiger partial charge in [-0.2, -0.15) is 0 Å². The molecule has 2 amide bonds. The summed E-state index contributed by atoms with van der Waals surface area (Å²) in [5, 5.41) is 15.8. The summed E-state index contributed by atoms with van der Waals surface area (Å²) in [5.41, 5.74) is -0.415. The minimum absolute atomic E-state index is 0.0300. The number of amides is 2. The van der Waals surface area contributed by atoms with E-state index in [1.165, 1.54) is 12.1 Å². The first-order valence-corrected chi connectivity index (χ1v) is 9.92. The van der Waals surface area contributed by atoms with Crippen LogP contribution in [-0.2, 0) is 4.79 Å². The lowest BCUT2D eigenvalue weighted by atomic mass is 9.98. The Labute approximate surface area is 181 Å².